The van der Waals surface area contributed by atoms with Crippen LogP contribution < -0.4 is 0 Å². The number of aryl methyl sites for hydroxylation is 1. The van der Waals surface area contributed by atoms with Crippen LogP contribution >= 0.6 is 0 Å². The number of hydrogen-bond acceptors (Lipinski definition) is 5. The van der Waals surface area contributed by atoms with Gasteiger partial charge in [-0.1, -0.05) is 12.1 Å². The van der Waals surface area contributed by atoms with E-state index >= 15 is 0 Å². The molecule has 0 aliphatic rings. The molecule has 0 saturated carbocycles. The van der Waals surface area contributed by atoms with Crippen molar-refractivity contribution in [1.29, 1.82) is 5.26 Å². The highest BCUT2D eigenvalue weighted by Gasteiger charge is 2.19. The van der Waals surface area contributed by atoms with Gasteiger partial charge in [-0.2, -0.15) is 9.94 Å². The summed E-state index contributed by atoms with van der Waals surface area (Å²) >= 11 is 0. The van der Waals surface area contributed by atoms with Crippen molar-refractivity contribution in [2.75, 3.05) is 0 Å². The third kappa shape index (κ3) is 2.70. The average molecular weight is 270 g/mol. The number of carbonyl (C=O) groups excluding carboxylic acids is 1. The maximum atomic E-state index is 12.0. The largest absolute Gasteiger partial charge is 0.392 e. The normalized spacial score (nSPS) is 10.0. The zero-order valence-corrected chi connectivity index (χ0v) is 10.6. The average Bonchev–Trinajstić information content (AvgIpc) is 2.79. The highest BCUT2D eigenvalue weighted by molar-refractivity contribution is 5.95. The van der Waals surface area contributed by atoms with Crippen molar-refractivity contribution in [2.45, 2.75) is 13.5 Å². The van der Waals surface area contributed by atoms with Crippen LogP contribution in [0.2, 0.25) is 0 Å². The van der Waals surface area contributed by atoms with E-state index in [1.54, 1.807) is 31.2 Å². The van der Waals surface area contributed by atoms with Crippen molar-refractivity contribution in [2.24, 2.45) is 0 Å². The summed E-state index contributed by atoms with van der Waals surface area (Å²) < 4.78 is 1.24. The van der Waals surface area contributed by atoms with Crippen LogP contribution in [0.25, 0.3) is 0 Å². The smallest absolute Gasteiger partial charge is 0.358 e. The molecule has 1 heterocycles. The molecular formula is C13H10N4O3. The SMILES string of the molecule is Cc1cn(CC(=O)c2ccc(C#N)cc2)nc1[N+](=O)[O-]. The Labute approximate surface area is 114 Å². The van der Waals surface area contributed by atoms with Crippen molar-refractivity contribution < 1.29 is 9.72 Å². The van der Waals surface area contributed by atoms with Gasteiger partial charge in [0.15, 0.2) is 5.78 Å². The molecule has 0 amide bonds. The second-order valence-corrected chi connectivity index (χ2v) is 4.20. The molecule has 0 spiro atoms. The summed E-state index contributed by atoms with van der Waals surface area (Å²) in [7, 11) is 0. The first-order valence-corrected chi connectivity index (χ1v) is 5.73. The monoisotopic (exact) mass is 270 g/mol. The van der Waals surface area contributed by atoms with Gasteiger partial charge in [-0.05, 0) is 24.0 Å². The molecule has 20 heavy (non-hydrogen) atoms. The van der Waals surface area contributed by atoms with Gasteiger partial charge >= 0.3 is 5.82 Å². The van der Waals surface area contributed by atoms with Crippen LogP contribution in [-0.2, 0) is 6.54 Å². The molecule has 0 atom stereocenters. The molecule has 1 aromatic heterocycles. The van der Waals surface area contributed by atoms with E-state index in [0.717, 1.165) is 0 Å². The molecule has 0 unspecified atom stereocenters. The number of carbonyl (C=O) groups is 1. The van der Waals surface area contributed by atoms with E-state index in [2.05, 4.69) is 5.10 Å². The summed E-state index contributed by atoms with van der Waals surface area (Å²) in [5, 5.41) is 23.1. The number of nitro groups is 1. The van der Waals surface area contributed by atoms with Crippen molar-refractivity contribution >= 4 is 11.6 Å². The molecule has 7 heteroatoms. The van der Waals surface area contributed by atoms with Crippen molar-refractivity contribution in [3.05, 3.63) is 57.3 Å². The molecule has 0 fully saturated rings. The Bertz CT molecular complexity index is 710. The number of Topliss-reactive ketones (excluding diaryl/α,β-unsaturated/α-hetero) is 1. The minimum absolute atomic E-state index is 0.0828. The molecule has 0 bridgehead atoms. The highest BCUT2D eigenvalue weighted by atomic mass is 16.6. The quantitative estimate of drug-likeness (QED) is 0.479. The molecule has 1 aromatic carbocycles. The van der Waals surface area contributed by atoms with Gasteiger partial charge in [-0.3, -0.25) is 4.79 Å². The van der Waals surface area contributed by atoms with Crippen molar-refractivity contribution in [3.63, 3.8) is 0 Å². The van der Waals surface area contributed by atoms with Crippen LogP contribution in [0.4, 0.5) is 5.82 Å². The first kappa shape index (κ1) is 13.4. The molecular weight excluding hydrogens is 260 g/mol. The number of nitrogens with zero attached hydrogens (tertiary/aromatic N) is 4. The lowest BCUT2D eigenvalue weighted by Crippen LogP contribution is -2.11. The fourth-order valence-electron chi connectivity index (χ4n) is 1.74. The Kier molecular flexibility index (Phi) is 3.57. The summed E-state index contributed by atoms with van der Waals surface area (Å²) in [4.78, 5) is 22.1. The van der Waals surface area contributed by atoms with Crippen LogP contribution in [0, 0.1) is 28.4 Å². The Morgan fingerprint density at radius 3 is 2.60 bits per heavy atom. The van der Waals surface area contributed by atoms with E-state index in [4.69, 9.17) is 5.26 Å². The predicted molar refractivity (Wildman–Crippen MR) is 69.1 cm³/mol. The van der Waals surface area contributed by atoms with Gasteiger partial charge in [0.1, 0.15) is 6.54 Å². The number of rotatable bonds is 4. The fourth-order valence-corrected chi connectivity index (χ4v) is 1.74. The zero-order chi connectivity index (χ0) is 14.7. The van der Waals surface area contributed by atoms with Gasteiger partial charge in [-0.15, -0.1) is 0 Å². The van der Waals surface area contributed by atoms with Crippen molar-refractivity contribution in [1.82, 2.24) is 9.78 Å². The first-order valence-electron chi connectivity index (χ1n) is 5.73. The Morgan fingerprint density at radius 2 is 2.10 bits per heavy atom. The Morgan fingerprint density at radius 1 is 1.45 bits per heavy atom. The molecule has 0 radical (unpaired) electrons. The molecule has 7 nitrogen and oxygen atoms in total. The molecule has 0 N–H and O–H groups in total. The van der Waals surface area contributed by atoms with Gasteiger partial charge in [0, 0.05) is 5.56 Å². The zero-order valence-electron chi connectivity index (χ0n) is 10.6. The second-order valence-electron chi connectivity index (χ2n) is 4.20. The Hall–Kier alpha value is -3.01. The second kappa shape index (κ2) is 5.32. The van der Waals surface area contributed by atoms with Crippen LogP contribution in [0.3, 0.4) is 0 Å². The fraction of sp³-hybridized carbons (Fsp3) is 0.154. The van der Waals surface area contributed by atoms with Crippen LogP contribution in [0.5, 0.6) is 0 Å². The predicted octanol–water partition coefficient (Wildman–Crippen LogP) is 1.85. The maximum absolute atomic E-state index is 12.0. The lowest BCUT2D eigenvalue weighted by molar-refractivity contribution is -0.390. The molecule has 100 valence electrons. The van der Waals surface area contributed by atoms with Gasteiger partial charge < -0.3 is 10.1 Å². The summed E-state index contributed by atoms with van der Waals surface area (Å²) in [6.07, 6.45) is 1.46. The minimum atomic E-state index is -0.585. The van der Waals surface area contributed by atoms with Gasteiger partial charge in [-0.25, -0.2) is 0 Å². The lowest BCUT2D eigenvalue weighted by Gasteiger charge is -1.98. The summed E-state index contributed by atoms with van der Waals surface area (Å²) in [6.45, 7) is 1.48. The molecule has 0 saturated heterocycles. The summed E-state index contributed by atoms with van der Waals surface area (Å²) in [5.74, 6) is -0.482. The number of ketones is 1. The van der Waals surface area contributed by atoms with Crippen molar-refractivity contribution in [3.8, 4) is 6.07 Å². The van der Waals surface area contributed by atoms with Crippen LogP contribution in [0.1, 0.15) is 21.5 Å². The number of aromatic nitrogens is 2. The first-order chi connectivity index (χ1) is 9.51. The molecule has 2 aromatic rings. The van der Waals surface area contributed by atoms with Gasteiger partial charge in [0.05, 0.1) is 28.5 Å². The van der Waals surface area contributed by atoms with E-state index in [-0.39, 0.29) is 18.1 Å². The maximum Gasteiger partial charge on any atom is 0.392 e. The number of benzene rings is 1. The van der Waals surface area contributed by atoms with Crippen LogP contribution in [-0.4, -0.2) is 20.5 Å². The third-order valence-corrected chi connectivity index (χ3v) is 2.73. The van der Waals surface area contributed by atoms with Gasteiger partial charge in [0.25, 0.3) is 0 Å². The number of nitriles is 1. The van der Waals surface area contributed by atoms with Gasteiger partial charge in [0.2, 0.25) is 0 Å². The topological polar surface area (TPSA) is 102 Å². The van der Waals surface area contributed by atoms with E-state index in [0.29, 0.717) is 16.7 Å². The standard InChI is InChI=1S/C13H10N4O3/c1-9-7-16(15-13(9)17(19)20)8-12(18)11-4-2-10(6-14)3-5-11/h2-5,7H,8H2,1H3. The van der Waals surface area contributed by atoms with E-state index < -0.39 is 4.92 Å². The molecule has 2 rings (SSSR count). The minimum Gasteiger partial charge on any atom is -0.358 e. The summed E-state index contributed by atoms with van der Waals surface area (Å²) in [5.41, 5.74) is 1.30. The van der Waals surface area contributed by atoms with E-state index in [1.165, 1.54) is 10.9 Å². The number of hydrogen-bond donors (Lipinski definition) is 0. The third-order valence-electron chi connectivity index (χ3n) is 2.73. The van der Waals surface area contributed by atoms with Crippen LogP contribution in [0.15, 0.2) is 30.5 Å². The Balaban J connectivity index is 2.17. The highest BCUT2D eigenvalue weighted by Crippen LogP contribution is 2.14. The van der Waals surface area contributed by atoms with E-state index in [1.807, 2.05) is 6.07 Å². The lowest BCUT2D eigenvalue weighted by atomic mass is 10.1. The molecule has 0 aliphatic carbocycles. The molecule has 0 aliphatic heterocycles. The van der Waals surface area contributed by atoms with E-state index in [9.17, 15) is 14.9 Å². The summed E-state index contributed by atoms with van der Waals surface area (Å²) in [6, 6.07) is 8.15.